The first-order valence-corrected chi connectivity index (χ1v) is 8.46. The molecule has 134 valence electrons. The van der Waals surface area contributed by atoms with E-state index in [4.69, 9.17) is 4.52 Å². The van der Waals surface area contributed by atoms with Crippen molar-refractivity contribution >= 4 is 5.96 Å². The summed E-state index contributed by atoms with van der Waals surface area (Å²) in [6, 6.07) is 15.9. The summed E-state index contributed by atoms with van der Waals surface area (Å²) < 4.78 is 5.27. The summed E-state index contributed by atoms with van der Waals surface area (Å²) in [6.07, 6.45) is 2.34. The molecule has 1 N–H and O–H groups in total. The second kappa shape index (κ2) is 8.75. The minimum Gasteiger partial charge on any atom is -0.356 e. The highest BCUT2D eigenvalue weighted by molar-refractivity contribution is 5.79. The van der Waals surface area contributed by atoms with Gasteiger partial charge in [0.2, 0.25) is 0 Å². The Kier molecular flexibility index (Phi) is 5.92. The SMILES string of the molecule is CN=C(NCCc1noc(-c2ccccn2)n1)N(C)Cc1ccccc1. The summed E-state index contributed by atoms with van der Waals surface area (Å²) in [7, 11) is 3.78. The fraction of sp³-hybridized carbons (Fsp3) is 0.263. The van der Waals surface area contributed by atoms with Crippen LogP contribution in [-0.4, -0.2) is 46.6 Å². The summed E-state index contributed by atoms with van der Waals surface area (Å²) in [5.74, 6) is 1.90. The third kappa shape index (κ3) is 4.66. The smallest absolute Gasteiger partial charge is 0.276 e. The Morgan fingerprint density at radius 2 is 1.96 bits per heavy atom. The molecule has 0 aliphatic carbocycles. The van der Waals surface area contributed by atoms with Crippen LogP contribution in [0.3, 0.4) is 0 Å². The van der Waals surface area contributed by atoms with Crippen molar-refractivity contribution in [1.82, 2.24) is 25.3 Å². The van der Waals surface area contributed by atoms with Crippen molar-refractivity contribution in [3.63, 3.8) is 0 Å². The zero-order chi connectivity index (χ0) is 18.2. The lowest BCUT2D eigenvalue weighted by Crippen LogP contribution is -2.39. The van der Waals surface area contributed by atoms with Gasteiger partial charge in [0.05, 0.1) is 0 Å². The molecular weight excluding hydrogens is 328 g/mol. The molecule has 0 atom stereocenters. The molecule has 0 amide bonds. The van der Waals surface area contributed by atoms with Crippen LogP contribution in [0, 0.1) is 0 Å². The van der Waals surface area contributed by atoms with Gasteiger partial charge in [-0.3, -0.25) is 9.98 Å². The van der Waals surface area contributed by atoms with Crippen LogP contribution in [0.5, 0.6) is 0 Å². The Morgan fingerprint density at radius 3 is 2.69 bits per heavy atom. The number of rotatable bonds is 6. The van der Waals surface area contributed by atoms with Gasteiger partial charge >= 0.3 is 0 Å². The first-order valence-electron chi connectivity index (χ1n) is 8.46. The van der Waals surface area contributed by atoms with Gasteiger partial charge in [0, 0.05) is 39.8 Å². The number of pyridine rings is 1. The fourth-order valence-corrected chi connectivity index (χ4v) is 2.55. The predicted molar refractivity (Wildman–Crippen MR) is 101 cm³/mol. The molecule has 7 heteroatoms. The van der Waals surface area contributed by atoms with Crippen LogP contribution in [0.25, 0.3) is 11.6 Å². The van der Waals surface area contributed by atoms with Gasteiger partial charge < -0.3 is 14.7 Å². The minimum absolute atomic E-state index is 0.436. The highest BCUT2D eigenvalue weighted by atomic mass is 16.5. The Hall–Kier alpha value is -3.22. The molecular formula is C19H22N6O. The van der Waals surface area contributed by atoms with E-state index in [9.17, 15) is 0 Å². The molecule has 26 heavy (non-hydrogen) atoms. The van der Waals surface area contributed by atoms with Crippen molar-refractivity contribution in [2.75, 3.05) is 20.6 Å². The molecule has 0 fully saturated rings. The van der Waals surface area contributed by atoms with Crippen LogP contribution >= 0.6 is 0 Å². The second-order valence-electron chi connectivity index (χ2n) is 5.80. The highest BCUT2D eigenvalue weighted by Gasteiger charge is 2.10. The first kappa shape index (κ1) is 17.6. The van der Waals surface area contributed by atoms with Crippen LogP contribution in [0.4, 0.5) is 0 Å². The Labute approximate surface area is 152 Å². The van der Waals surface area contributed by atoms with Gasteiger partial charge in [-0.1, -0.05) is 41.6 Å². The maximum atomic E-state index is 5.27. The minimum atomic E-state index is 0.436. The summed E-state index contributed by atoms with van der Waals surface area (Å²) >= 11 is 0. The molecule has 0 saturated carbocycles. The van der Waals surface area contributed by atoms with E-state index in [0.717, 1.165) is 12.5 Å². The van der Waals surface area contributed by atoms with Gasteiger partial charge in [0.15, 0.2) is 11.8 Å². The lowest BCUT2D eigenvalue weighted by atomic mass is 10.2. The topological polar surface area (TPSA) is 79.4 Å². The normalized spacial score (nSPS) is 11.4. The van der Waals surface area contributed by atoms with Crippen LogP contribution in [0.2, 0.25) is 0 Å². The molecule has 2 heterocycles. The van der Waals surface area contributed by atoms with Crippen molar-refractivity contribution < 1.29 is 4.52 Å². The molecule has 0 spiro atoms. The van der Waals surface area contributed by atoms with E-state index < -0.39 is 0 Å². The Balaban J connectivity index is 1.51. The van der Waals surface area contributed by atoms with E-state index in [1.54, 1.807) is 13.2 Å². The number of aliphatic imine (C=N–C) groups is 1. The molecule has 0 bridgehead atoms. The maximum Gasteiger partial charge on any atom is 0.276 e. The molecule has 0 aliphatic heterocycles. The molecule has 0 unspecified atom stereocenters. The number of benzene rings is 1. The predicted octanol–water partition coefficient (Wildman–Crippen LogP) is 2.38. The number of aromatic nitrogens is 3. The average molecular weight is 350 g/mol. The quantitative estimate of drug-likeness (QED) is 0.543. The van der Waals surface area contributed by atoms with Crippen LogP contribution in [0.15, 0.2) is 64.2 Å². The number of hydrogen-bond acceptors (Lipinski definition) is 5. The summed E-state index contributed by atoms with van der Waals surface area (Å²) in [6.45, 7) is 1.44. The average Bonchev–Trinajstić information content (AvgIpc) is 3.15. The standard InChI is InChI=1S/C19H22N6O/c1-20-19(25(2)14-15-8-4-3-5-9-15)22-13-11-17-23-18(26-24-17)16-10-6-7-12-21-16/h3-10,12H,11,13-14H2,1-2H3,(H,20,22). The lowest BCUT2D eigenvalue weighted by molar-refractivity contribution is 0.420. The molecule has 1 aromatic carbocycles. The van der Waals surface area contributed by atoms with E-state index >= 15 is 0 Å². The van der Waals surface area contributed by atoms with E-state index in [-0.39, 0.29) is 0 Å². The molecule has 3 rings (SSSR count). The van der Waals surface area contributed by atoms with Crippen molar-refractivity contribution in [3.8, 4) is 11.6 Å². The van der Waals surface area contributed by atoms with Gasteiger partial charge in [0.25, 0.3) is 5.89 Å². The van der Waals surface area contributed by atoms with Crippen LogP contribution < -0.4 is 5.32 Å². The van der Waals surface area contributed by atoms with Crippen molar-refractivity contribution in [2.45, 2.75) is 13.0 Å². The fourth-order valence-electron chi connectivity index (χ4n) is 2.55. The molecule has 2 aromatic heterocycles. The van der Waals surface area contributed by atoms with Crippen molar-refractivity contribution in [3.05, 3.63) is 66.1 Å². The van der Waals surface area contributed by atoms with E-state index in [1.165, 1.54) is 5.56 Å². The first-order chi connectivity index (χ1) is 12.8. The number of nitrogens with zero attached hydrogens (tertiary/aromatic N) is 5. The summed E-state index contributed by atoms with van der Waals surface area (Å²) in [5, 5.41) is 7.33. The zero-order valence-corrected chi connectivity index (χ0v) is 15.0. The highest BCUT2D eigenvalue weighted by Crippen LogP contribution is 2.13. The van der Waals surface area contributed by atoms with Gasteiger partial charge in [0.1, 0.15) is 5.69 Å². The van der Waals surface area contributed by atoms with Crippen LogP contribution in [0.1, 0.15) is 11.4 Å². The molecule has 0 radical (unpaired) electrons. The summed E-state index contributed by atoms with van der Waals surface area (Å²) in [5.41, 5.74) is 1.91. The third-order valence-electron chi connectivity index (χ3n) is 3.82. The van der Waals surface area contributed by atoms with Gasteiger partial charge in [-0.2, -0.15) is 4.98 Å². The Morgan fingerprint density at radius 1 is 1.15 bits per heavy atom. The van der Waals surface area contributed by atoms with Gasteiger partial charge in [-0.15, -0.1) is 0 Å². The summed E-state index contributed by atoms with van der Waals surface area (Å²) in [4.78, 5) is 15.0. The molecule has 7 nitrogen and oxygen atoms in total. The van der Waals surface area contributed by atoms with E-state index in [1.807, 2.05) is 43.4 Å². The number of nitrogens with one attached hydrogen (secondary N) is 1. The lowest BCUT2D eigenvalue weighted by Gasteiger charge is -2.22. The van der Waals surface area contributed by atoms with E-state index in [0.29, 0.717) is 30.4 Å². The molecule has 0 saturated heterocycles. The molecule has 3 aromatic rings. The van der Waals surface area contributed by atoms with E-state index in [2.05, 4.69) is 42.5 Å². The number of guanidine groups is 1. The zero-order valence-electron chi connectivity index (χ0n) is 15.0. The molecule has 0 aliphatic rings. The largest absolute Gasteiger partial charge is 0.356 e. The van der Waals surface area contributed by atoms with Gasteiger partial charge in [-0.25, -0.2) is 0 Å². The second-order valence-corrected chi connectivity index (χ2v) is 5.80. The van der Waals surface area contributed by atoms with Crippen molar-refractivity contribution in [2.24, 2.45) is 4.99 Å². The monoisotopic (exact) mass is 350 g/mol. The van der Waals surface area contributed by atoms with Crippen LogP contribution in [-0.2, 0) is 13.0 Å². The third-order valence-corrected chi connectivity index (χ3v) is 3.82. The maximum absolute atomic E-state index is 5.27. The number of hydrogen-bond donors (Lipinski definition) is 1. The van der Waals surface area contributed by atoms with Gasteiger partial charge in [-0.05, 0) is 17.7 Å². The Bertz CT molecular complexity index is 832. The van der Waals surface area contributed by atoms with Crippen molar-refractivity contribution in [1.29, 1.82) is 0 Å².